The fraction of sp³-hybridized carbons (Fsp3) is 0.222. The zero-order chi connectivity index (χ0) is 19.3. The van der Waals surface area contributed by atoms with Gasteiger partial charge in [0.2, 0.25) is 0 Å². The fourth-order valence-corrected chi connectivity index (χ4v) is 4.20. The Kier molecular flexibility index (Phi) is 4.00. The normalized spacial score (nSPS) is 22.6. The van der Waals surface area contributed by atoms with Crippen LogP contribution in [0.2, 0.25) is 5.02 Å². The number of anilines is 1. The van der Waals surface area contributed by atoms with Crippen LogP contribution in [0, 0.1) is 26.1 Å². The number of fused-ring (bicyclic) bond motifs is 3. The molecule has 2 aliphatic rings. The van der Waals surface area contributed by atoms with Gasteiger partial charge < -0.3 is 10.4 Å². The van der Waals surface area contributed by atoms with Crippen LogP contribution in [-0.2, 0) is 0 Å². The smallest absolute Gasteiger partial charge is 0.273 e. The highest BCUT2D eigenvalue weighted by Gasteiger charge is 2.41. The molecule has 0 spiro atoms. The Morgan fingerprint density at radius 2 is 1.78 bits per heavy atom. The lowest BCUT2D eigenvalue weighted by Crippen LogP contribution is -2.29. The van der Waals surface area contributed by atoms with Crippen LogP contribution in [-0.4, -0.2) is 15.0 Å². The van der Waals surface area contributed by atoms with Gasteiger partial charge in [-0.15, -0.1) is 0 Å². The predicted molar refractivity (Wildman–Crippen MR) is 99.2 cm³/mol. The first-order chi connectivity index (χ1) is 12.9. The van der Waals surface area contributed by atoms with Gasteiger partial charge in [-0.2, -0.15) is 0 Å². The first kappa shape index (κ1) is 17.3. The van der Waals surface area contributed by atoms with Crippen molar-refractivity contribution in [2.24, 2.45) is 5.92 Å². The molecule has 2 N–H and O–H groups in total. The minimum Gasteiger partial charge on any atom is -0.506 e. The van der Waals surface area contributed by atoms with Crippen LogP contribution in [0.4, 0.5) is 17.1 Å². The Balaban J connectivity index is 1.85. The van der Waals surface area contributed by atoms with E-state index in [2.05, 4.69) is 5.32 Å². The molecule has 2 aromatic rings. The summed E-state index contributed by atoms with van der Waals surface area (Å²) >= 11 is 6.32. The molecule has 0 saturated carbocycles. The Labute approximate surface area is 158 Å². The van der Waals surface area contributed by atoms with Crippen molar-refractivity contribution >= 4 is 28.7 Å². The van der Waals surface area contributed by atoms with Crippen molar-refractivity contribution in [2.75, 3.05) is 5.32 Å². The summed E-state index contributed by atoms with van der Waals surface area (Å²) in [5.74, 6) is -0.421. The van der Waals surface area contributed by atoms with Gasteiger partial charge in [-0.3, -0.25) is 20.2 Å². The molecule has 4 rings (SSSR count). The average molecular weight is 388 g/mol. The van der Waals surface area contributed by atoms with Crippen LogP contribution >= 0.6 is 11.6 Å². The molecule has 3 unspecified atom stereocenters. The van der Waals surface area contributed by atoms with E-state index in [1.165, 1.54) is 24.3 Å². The van der Waals surface area contributed by atoms with E-state index >= 15 is 0 Å². The predicted octanol–water partition coefficient (Wildman–Crippen LogP) is 4.69. The molecule has 0 amide bonds. The number of rotatable bonds is 3. The van der Waals surface area contributed by atoms with Gasteiger partial charge in [0.15, 0.2) is 0 Å². The number of nitrogens with one attached hydrogen (secondary N) is 1. The second kappa shape index (κ2) is 6.24. The van der Waals surface area contributed by atoms with Crippen LogP contribution < -0.4 is 5.32 Å². The Bertz CT molecular complexity index is 1010. The molecule has 8 nitrogen and oxygen atoms in total. The molecular formula is C18H14ClN3O5. The van der Waals surface area contributed by atoms with Crippen LogP contribution in [0.1, 0.15) is 29.5 Å². The van der Waals surface area contributed by atoms with Crippen molar-refractivity contribution < 1.29 is 15.0 Å². The van der Waals surface area contributed by atoms with Crippen LogP contribution in [0.25, 0.3) is 0 Å². The van der Waals surface area contributed by atoms with Crippen molar-refractivity contribution in [1.82, 2.24) is 0 Å². The van der Waals surface area contributed by atoms with Gasteiger partial charge in [0.1, 0.15) is 5.75 Å². The monoisotopic (exact) mass is 387 g/mol. The SMILES string of the molecule is O=[N+]([O-])c1cc(O)c2c(c1)C1C=CCC1C(c1cc([N+](=O)[O-])ccc1Cl)N2. The largest absolute Gasteiger partial charge is 0.506 e. The van der Waals surface area contributed by atoms with Crippen molar-refractivity contribution in [1.29, 1.82) is 0 Å². The summed E-state index contributed by atoms with van der Waals surface area (Å²) in [6.45, 7) is 0. The molecule has 27 heavy (non-hydrogen) atoms. The van der Waals surface area contributed by atoms with E-state index in [0.29, 0.717) is 28.3 Å². The molecule has 0 aromatic heterocycles. The topological polar surface area (TPSA) is 119 Å². The van der Waals surface area contributed by atoms with Gasteiger partial charge in [0, 0.05) is 34.7 Å². The summed E-state index contributed by atoms with van der Waals surface area (Å²) in [5, 5.41) is 36.2. The summed E-state index contributed by atoms with van der Waals surface area (Å²) in [5.41, 5.74) is 1.34. The quantitative estimate of drug-likeness (QED) is 0.341. The Morgan fingerprint density at radius 3 is 2.48 bits per heavy atom. The zero-order valence-corrected chi connectivity index (χ0v) is 14.6. The van der Waals surface area contributed by atoms with Gasteiger partial charge in [-0.25, -0.2) is 0 Å². The number of benzene rings is 2. The van der Waals surface area contributed by atoms with Crippen LogP contribution in [0.5, 0.6) is 5.75 Å². The number of phenols is 1. The number of nitro benzene ring substituents is 2. The standard InChI is InChI=1S/C18H14ClN3O5/c19-15-5-4-9(21(24)25)6-14(15)17-12-3-1-2-11(12)13-7-10(22(26)27)8-16(23)18(13)20-17/h1-2,4-8,11-12,17,20,23H,3H2. The third-order valence-electron chi connectivity index (χ3n) is 5.17. The number of allylic oxidation sites excluding steroid dienone is 2. The third-order valence-corrected chi connectivity index (χ3v) is 5.51. The molecule has 0 saturated heterocycles. The van der Waals surface area contributed by atoms with Crippen LogP contribution in [0.3, 0.4) is 0 Å². The molecule has 2 aromatic carbocycles. The van der Waals surface area contributed by atoms with E-state index in [1.54, 1.807) is 0 Å². The molecule has 0 radical (unpaired) electrons. The number of non-ortho nitro benzene ring substituents is 2. The van der Waals surface area contributed by atoms with Crippen LogP contribution in [0.15, 0.2) is 42.5 Å². The molecule has 0 bridgehead atoms. The molecule has 138 valence electrons. The minimum absolute atomic E-state index is 0.0293. The highest BCUT2D eigenvalue weighted by molar-refractivity contribution is 6.31. The summed E-state index contributed by atoms with van der Waals surface area (Å²) in [6.07, 6.45) is 4.61. The van der Waals surface area contributed by atoms with E-state index in [4.69, 9.17) is 11.6 Å². The average Bonchev–Trinajstić information content (AvgIpc) is 3.11. The number of nitro groups is 2. The number of halogens is 1. The van der Waals surface area contributed by atoms with E-state index in [9.17, 15) is 25.3 Å². The molecule has 0 fully saturated rings. The summed E-state index contributed by atoms with van der Waals surface area (Å²) in [4.78, 5) is 21.3. The van der Waals surface area contributed by atoms with Crippen molar-refractivity contribution in [3.05, 3.63) is 78.9 Å². The molecule has 1 aliphatic heterocycles. The first-order valence-corrected chi connectivity index (χ1v) is 8.63. The Morgan fingerprint density at radius 1 is 1.07 bits per heavy atom. The summed E-state index contributed by atoms with van der Waals surface area (Å²) < 4.78 is 0. The maximum absolute atomic E-state index is 11.2. The number of hydrogen-bond donors (Lipinski definition) is 2. The molecule has 1 heterocycles. The first-order valence-electron chi connectivity index (χ1n) is 8.25. The molecule has 9 heteroatoms. The van der Waals surface area contributed by atoms with Gasteiger partial charge in [0.25, 0.3) is 11.4 Å². The fourth-order valence-electron chi connectivity index (χ4n) is 3.96. The highest BCUT2D eigenvalue weighted by atomic mass is 35.5. The number of nitrogens with zero attached hydrogens (tertiary/aromatic N) is 2. The lowest BCUT2D eigenvalue weighted by Gasteiger charge is -2.37. The van der Waals surface area contributed by atoms with Gasteiger partial charge >= 0.3 is 0 Å². The zero-order valence-electron chi connectivity index (χ0n) is 13.8. The third kappa shape index (κ3) is 2.78. The van der Waals surface area contributed by atoms with Crippen molar-refractivity contribution in [3.63, 3.8) is 0 Å². The molecule has 1 aliphatic carbocycles. The van der Waals surface area contributed by atoms with Crippen molar-refractivity contribution in [3.8, 4) is 5.75 Å². The maximum Gasteiger partial charge on any atom is 0.273 e. The highest BCUT2D eigenvalue weighted by Crippen LogP contribution is 2.54. The minimum atomic E-state index is -0.544. The van der Waals surface area contributed by atoms with E-state index in [-0.39, 0.29) is 35.0 Å². The van der Waals surface area contributed by atoms with Crippen molar-refractivity contribution in [2.45, 2.75) is 18.4 Å². The van der Waals surface area contributed by atoms with Gasteiger partial charge in [-0.1, -0.05) is 23.8 Å². The number of aromatic hydroxyl groups is 1. The lowest BCUT2D eigenvalue weighted by atomic mass is 9.76. The number of hydrogen-bond acceptors (Lipinski definition) is 6. The lowest BCUT2D eigenvalue weighted by molar-refractivity contribution is -0.385. The Hall–Kier alpha value is -3.13. The molecule has 3 atom stereocenters. The number of phenolic OH excluding ortho intramolecular Hbond substituents is 1. The summed E-state index contributed by atoms with van der Waals surface area (Å²) in [7, 11) is 0. The summed E-state index contributed by atoms with van der Waals surface area (Å²) in [6, 6.07) is 6.44. The van der Waals surface area contributed by atoms with E-state index in [0.717, 1.165) is 6.07 Å². The second-order valence-corrected chi connectivity index (χ2v) is 7.03. The maximum atomic E-state index is 11.2. The van der Waals surface area contributed by atoms with E-state index < -0.39 is 9.85 Å². The molecular weight excluding hydrogens is 374 g/mol. The second-order valence-electron chi connectivity index (χ2n) is 6.62. The van der Waals surface area contributed by atoms with E-state index in [1.807, 2.05) is 12.2 Å². The van der Waals surface area contributed by atoms with Gasteiger partial charge in [0.05, 0.1) is 27.6 Å². The van der Waals surface area contributed by atoms with Gasteiger partial charge in [-0.05, 0) is 24.0 Å².